The molecule has 0 bridgehead atoms. The third kappa shape index (κ3) is 4.99. The van der Waals surface area contributed by atoms with Crippen molar-refractivity contribution in [3.05, 3.63) is 64.6 Å². The van der Waals surface area contributed by atoms with Crippen LogP contribution in [0.5, 0.6) is 0 Å². The highest BCUT2D eigenvalue weighted by Gasteiger charge is 2.40. The number of hydrogen-bond donors (Lipinski definition) is 1. The van der Waals surface area contributed by atoms with E-state index in [0.717, 1.165) is 30.9 Å². The number of carbonyl (C=O) groups is 1. The van der Waals surface area contributed by atoms with Crippen molar-refractivity contribution in [1.82, 2.24) is 14.9 Å². The van der Waals surface area contributed by atoms with Crippen molar-refractivity contribution in [1.29, 1.82) is 5.26 Å². The highest BCUT2D eigenvalue weighted by molar-refractivity contribution is 6.84. The number of halogens is 2. The minimum Gasteiger partial charge on any atom is -0.354 e. The lowest BCUT2D eigenvalue weighted by molar-refractivity contribution is -0.130. The van der Waals surface area contributed by atoms with Crippen LogP contribution in [-0.4, -0.2) is 34.9 Å². The van der Waals surface area contributed by atoms with Gasteiger partial charge in [-0.15, -0.1) is 5.54 Å². The standard InChI is InChI=1S/C27H28F2N4OSi/c1-5-6-7-20-14-22-21-12-18(28)13-23(29)25(21)32-26(22)27(17-8-9-19(15-30)31-16-17)33(20)24(34)10-11-35(2,3)4/h8-9,12-13,16,20,27,32H,5-7,14H2,1-4H3/t20-,27-/m0/s1. The molecule has 3 heterocycles. The second-order valence-corrected chi connectivity index (χ2v) is 14.8. The minimum atomic E-state index is -1.81. The number of benzene rings is 1. The minimum absolute atomic E-state index is 0.197. The topological polar surface area (TPSA) is 72.8 Å². The molecule has 1 aliphatic rings. The molecule has 1 aliphatic heterocycles. The average molecular weight is 491 g/mol. The number of unbranched alkanes of at least 4 members (excludes halogenated alkanes) is 1. The Labute approximate surface area is 205 Å². The van der Waals surface area contributed by atoms with E-state index in [4.69, 9.17) is 0 Å². The Kier molecular flexibility index (Phi) is 6.78. The molecule has 1 N–H and O–H groups in total. The number of H-pyrrole nitrogens is 1. The first-order chi connectivity index (χ1) is 16.6. The summed E-state index contributed by atoms with van der Waals surface area (Å²) in [5.41, 5.74) is 5.77. The molecule has 35 heavy (non-hydrogen) atoms. The predicted octanol–water partition coefficient (Wildman–Crippen LogP) is 5.63. The van der Waals surface area contributed by atoms with Gasteiger partial charge < -0.3 is 9.88 Å². The Balaban J connectivity index is 1.95. The van der Waals surface area contributed by atoms with Crippen LogP contribution >= 0.6 is 0 Å². The Bertz CT molecular complexity index is 1370. The molecule has 0 saturated heterocycles. The molecule has 0 unspecified atom stereocenters. The zero-order chi connectivity index (χ0) is 25.3. The van der Waals surface area contributed by atoms with Crippen LogP contribution in [0.25, 0.3) is 10.9 Å². The van der Waals surface area contributed by atoms with Crippen LogP contribution in [0.4, 0.5) is 8.78 Å². The summed E-state index contributed by atoms with van der Waals surface area (Å²) in [4.78, 5) is 22.8. The monoisotopic (exact) mass is 490 g/mol. The lowest BCUT2D eigenvalue weighted by atomic mass is 9.86. The number of fused-ring (bicyclic) bond motifs is 3. The molecular weight excluding hydrogens is 462 g/mol. The van der Waals surface area contributed by atoms with Gasteiger partial charge in [0.2, 0.25) is 0 Å². The number of pyridine rings is 1. The maximum atomic E-state index is 14.8. The fourth-order valence-electron chi connectivity index (χ4n) is 4.66. The van der Waals surface area contributed by atoms with E-state index in [1.807, 2.05) is 6.07 Å². The number of aromatic amines is 1. The van der Waals surface area contributed by atoms with E-state index in [1.165, 1.54) is 6.07 Å². The largest absolute Gasteiger partial charge is 0.354 e. The number of aromatic nitrogens is 2. The predicted molar refractivity (Wildman–Crippen MR) is 134 cm³/mol. The van der Waals surface area contributed by atoms with Crippen molar-refractivity contribution in [3.8, 4) is 17.5 Å². The summed E-state index contributed by atoms with van der Waals surface area (Å²) >= 11 is 0. The Morgan fingerprint density at radius 3 is 2.69 bits per heavy atom. The molecular formula is C27H28F2N4OSi. The van der Waals surface area contributed by atoms with Gasteiger partial charge in [-0.1, -0.05) is 45.5 Å². The van der Waals surface area contributed by atoms with Crippen LogP contribution in [0, 0.1) is 34.4 Å². The highest BCUT2D eigenvalue weighted by atomic mass is 28.3. The van der Waals surface area contributed by atoms with Crippen molar-refractivity contribution < 1.29 is 13.6 Å². The number of hydrogen-bond acceptors (Lipinski definition) is 3. The van der Waals surface area contributed by atoms with Crippen LogP contribution in [0.3, 0.4) is 0 Å². The summed E-state index contributed by atoms with van der Waals surface area (Å²) in [7, 11) is -1.81. The molecule has 0 saturated carbocycles. The van der Waals surface area contributed by atoms with E-state index >= 15 is 0 Å². The number of rotatable bonds is 4. The summed E-state index contributed by atoms with van der Waals surface area (Å²) in [5.74, 6) is 1.28. The van der Waals surface area contributed by atoms with Crippen molar-refractivity contribution in [3.63, 3.8) is 0 Å². The van der Waals surface area contributed by atoms with E-state index in [2.05, 4.69) is 48.0 Å². The summed E-state index contributed by atoms with van der Waals surface area (Å²) in [5, 5.41) is 9.69. The van der Waals surface area contributed by atoms with Gasteiger partial charge in [-0.25, -0.2) is 13.8 Å². The first kappa shape index (κ1) is 24.6. The Hall–Kier alpha value is -3.49. The van der Waals surface area contributed by atoms with Crippen molar-refractivity contribution in [2.45, 2.75) is 64.3 Å². The number of nitriles is 1. The van der Waals surface area contributed by atoms with Crippen molar-refractivity contribution in [2.75, 3.05) is 0 Å². The smallest absolute Gasteiger partial charge is 0.298 e. The first-order valence-electron chi connectivity index (χ1n) is 11.8. The molecule has 2 atom stereocenters. The Morgan fingerprint density at radius 1 is 1.29 bits per heavy atom. The number of nitrogens with one attached hydrogen (secondary N) is 1. The van der Waals surface area contributed by atoms with Gasteiger partial charge in [-0.05, 0) is 42.0 Å². The van der Waals surface area contributed by atoms with E-state index < -0.39 is 25.8 Å². The molecule has 1 amide bonds. The molecule has 8 heteroatoms. The van der Waals surface area contributed by atoms with Gasteiger partial charge in [0.15, 0.2) is 0 Å². The van der Waals surface area contributed by atoms with Crippen LogP contribution in [-0.2, 0) is 11.2 Å². The molecule has 0 radical (unpaired) electrons. The Morgan fingerprint density at radius 2 is 2.06 bits per heavy atom. The van der Waals surface area contributed by atoms with Crippen LogP contribution < -0.4 is 0 Å². The maximum Gasteiger partial charge on any atom is 0.298 e. The lowest BCUT2D eigenvalue weighted by Crippen LogP contribution is -2.47. The number of nitrogens with zero attached hydrogens (tertiary/aromatic N) is 3. The SMILES string of the molecule is CCCC[C@H]1Cc2c([nH]c3c(F)cc(F)cc23)[C@H](c2ccc(C#N)nc2)N1C(=O)C#C[Si](C)(C)C. The van der Waals surface area contributed by atoms with Gasteiger partial charge in [0.25, 0.3) is 5.91 Å². The van der Waals surface area contributed by atoms with E-state index in [0.29, 0.717) is 23.1 Å². The fourth-order valence-corrected chi connectivity index (χ4v) is 5.14. The van der Waals surface area contributed by atoms with Crippen LogP contribution in [0.1, 0.15) is 54.7 Å². The molecule has 5 nitrogen and oxygen atoms in total. The first-order valence-corrected chi connectivity index (χ1v) is 15.3. The van der Waals surface area contributed by atoms with E-state index in [1.54, 1.807) is 23.2 Å². The lowest BCUT2D eigenvalue weighted by Gasteiger charge is -2.41. The summed E-state index contributed by atoms with van der Waals surface area (Å²) < 4.78 is 28.9. The van der Waals surface area contributed by atoms with Gasteiger partial charge >= 0.3 is 0 Å². The molecule has 1 aromatic carbocycles. The molecule has 2 aromatic heterocycles. The van der Waals surface area contributed by atoms with Crippen molar-refractivity contribution >= 4 is 24.9 Å². The molecule has 180 valence electrons. The van der Waals surface area contributed by atoms with Crippen LogP contribution in [0.2, 0.25) is 19.6 Å². The number of carbonyl (C=O) groups excluding carboxylic acids is 1. The molecule has 0 fully saturated rings. The maximum absolute atomic E-state index is 14.8. The second-order valence-electron chi connectivity index (χ2n) is 10.0. The third-order valence-corrected chi connectivity index (χ3v) is 7.11. The van der Waals surface area contributed by atoms with Crippen LogP contribution in [0.15, 0.2) is 30.5 Å². The second kappa shape index (κ2) is 9.63. The summed E-state index contributed by atoms with van der Waals surface area (Å²) in [6.07, 6.45) is 4.63. The molecule has 0 spiro atoms. The van der Waals surface area contributed by atoms with E-state index in [9.17, 15) is 18.8 Å². The highest BCUT2D eigenvalue weighted by Crippen LogP contribution is 2.42. The molecule has 4 rings (SSSR count). The zero-order valence-electron chi connectivity index (χ0n) is 20.4. The van der Waals surface area contributed by atoms with Gasteiger partial charge in [0.05, 0.1) is 5.52 Å². The van der Waals surface area contributed by atoms with Crippen molar-refractivity contribution in [2.24, 2.45) is 0 Å². The van der Waals surface area contributed by atoms with Gasteiger partial charge in [-0.3, -0.25) is 4.79 Å². The molecule has 3 aromatic rings. The van der Waals surface area contributed by atoms with Gasteiger partial charge in [-0.2, -0.15) is 5.26 Å². The third-order valence-electron chi connectivity index (χ3n) is 6.24. The summed E-state index contributed by atoms with van der Waals surface area (Å²) in [6.45, 7) is 8.32. The quantitative estimate of drug-likeness (QED) is 0.381. The normalized spacial score (nSPS) is 17.5. The zero-order valence-corrected chi connectivity index (χ0v) is 21.4. The average Bonchev–Trinajstić information content (AvgIpc) is 3.18. The van der Waals surface area contributed by atoms with E-state index in [-0.39, 0.29) is 23.2 Å². The fraction of sp³-hybridized carbons (Fsp3) is 0.370. The number of amides is 1. The van der Waals surface area contributed by atoms with Gasteiger partial charge in [0.1, 0.15) is 37.5 Å². The summed E-state index contributed by atoms with van der Waals surface area (Å²) in [6, 6.07) is 6.77. The molecule has 0 aliphatic carbocycles. The van der Waals surface area contributed by atoms with Gasteiger partial charge in [0, 0.05) is 29.4 Å².